The number of aliphatic hydroxyl groups excluding tert-OH is 2. The molecule has 0 saturated carbocycles. The highest BCUT2D eigenvalue weighted by Crippen LogP contribution is 2.44. The molecule has 0 aliphatic carbocycles. The SMILES string of the molecule is C=C1C(=O)O[C@H]2CC(=C)[C@@H]3CC[C@@](C)(O3)[C@@H](O)[C@@H](O)[C@H]12. The fourth-order valence-electron chi connectivity index (χ4n) is 3.55. The molecule has 2 bridgehead atoms. The Hall–Kier alpha value is -1.17. The van der Waals surface area contributed by atoms with Crippen LogP contribution in [-0.4, -0.2) is 46.2 Å². The predicted molar refractivity (Wildman–Crippen MR) is 70.8 cm³/mol. The number of ether oxygens (including phenoxy) is 2. The summed E-state index contributed by atoms with van der Waals surface area (Å²) in [7, 11) is 0. The lowest BCUT2D eigenvalue weighted by Crippen LogP contribution is -2.50. The van der Waals surface area contributed by atoms with Crippen molar-refractivity contribution < 1.29 is 24.5 Å². The molecule has 0 amide bonds. The molecule has 20 heavy (non-hydrogen) atoms. The minimum atomic E-state index is -1.13. The van der Waals surface area contributed by atoms with Crippen LogP contribution in [0.2, 0.25) is 0 Å². The number of rotatable bonds is 0. The number of fused-ring (bicyclic) bond motifs is 3. The van der Waals surface area contributed by atoms with Crippen molar-refractivity contribution in [1.29, 1.82) is 0 Å². The third-order valence-electron chi connectivity index (χ3n) is 4.87. The molecule has 3 aliphatic heterocycles. The third-order valence-corrected chi connectivity index (χ3v) is 4.87. The van der Waals surface area contributed by atoms with Crippen LogP contribution in [0.15, 0.2) is 24.3 Å². The number of carbonyl (C=O) groups excluding carboxylic acids is 1. The van der Waals surface area contributed by atoms with Crippen LogP contribution in [0.5, 0.6) is 0 Å². The molecule has 0 unspecified atom stereocenters. The van der Waals surface area contributed by atoms with Gasteiger partial charge in [-0.05, 0) is 25.3 Å². The predicted octanol–water partition coefficient (Wildman–Crippen LogP) is 0.704. The standard InChI is InChI=1S/C15H20O5/c1-7-6-10-11(8(2)14(18)19-10)12(16)13(17)15(3)5-4-9(7)20-15/h9-13,16-17H,1-2,4-6H2,3H3/t9-,10-,11+,12-,13-,15+/m0/s1. The molecule has 0 aromatic heterocycles. The second-order valence-electron chi connectivity index (χ2n) is 6.25. The van der Waals surface area contributed by atoms with Gasteiger partial charge in [0, 0.05) is 12.0 Å². The first kappa shape index (κ1) is 13.8. The molecule has 0 radical (unpaired) electrons. The summed E-state index contributed by atoms with van der Waals surface area (Å²) in [6.45, 7) is 9.51. The smallest absolute Gasteiger partial charge is 0.334 e. The Labute approximate surface area is 117 Å². The van der Waals surface area contributed by atoms with Crippen LogP contribution in [0.1, 0.15) is 26.2 Å². The summed E-state index contributed by atoms with van der Waals surface area (Å²) in [5.74, 6) is -1.10. The minimum Gasteiger partial charge on any atom is -0.458 e. The summed E-state index contributed by atoms with van der Waals surface area (Å²) in [5.41, 5.74) is 0.233. The van der Waals surface area contributed by atoms with Crippen molar-refractivity contribution in [2.24, 2.45) is 5.92 Å². The maximum absolute atomic E-state index is 11.7. The highest BCUT2D eigenvalue weighted by atomic mass is 16.6. The number of carbonyl (C=O) groups is 1. The van der Waals surface area contributed by atoms with Gasteiger partial charge in [0.15, 0.2) is 0 Å². The Bertz CT molecular complexity index is 485. The molecule has 0 aromatic rings. The third kappa shape index (κ3) is 1.84. The first-order chi connectivity index (χ1) is 9.33. The Morgan fingerprint density at radius 2 is 2.05 bits per heavy atom. The van der Waals surface area contributed by atoms with Gasteiger partial charge in [-0.25, -0.2) is 4.79 Å². The first-order valence-electron chi connectivity index (χ1n) is 6.95. The van der Waals surface area contributed by atoms with Crippen molar-refractivity contribution >= 4 is 5.97 Å². The molecule has 5 heteroatoms. The van der Waals surface area contributed by atoms with Gasteiger partial charge in [0.2, 0.25) is 0 Å². The summed E-state index contributed by atoms with van der Waals surface area (Å²) in [4.78, 5) is 11.7. The summed E-state index contributed by atoms with van der Waals surface area (Å²) in [6.07, 6.45) is -1.06. The van der Waals surface area contributed by atoms with E-state index < -0.39 is 35.8 Å². The van der Waals surface area contributed by atoms with Crippen LogP contribution in [-0.2, 0) is 14.3 Å². The van der Waals surface area contributed by atoms with Gasteiger partial charge in [0.05, 0.1) is 23.7 Å². The van der Waals surface area contributed by atoms with Crippen molar-refractivity contribution in [3.63, 3.8) is 0 Å². The van der Waals surface area contributed by atoms with Crippen LogP contribution in [0, 0.1) is 5.92 Å². The molecular weight excluding hydrogens is 260 g/mol. The second-order valence-corrected chi connectivity index (χ2v) is 6.25. The quantitative estimate of drug-likeness (QED) is 0.388. The van der Waals surface area contributed by atoms with E-state index in [1.807, 2.05) is 0 Å². The molecule has 3 fully saturated rings. The highest BCUT2D eigenvalue weighted by Gasteiger charge is 2.54. The first-order valence-corrected chi connectivity index (χ1v) is 6.95. The fraction of sp³-hybridized carbons (Fsp3) is 0.667. The average Bonchev–Trinajstić information content (AvgIpc) is 2.91. The van der Waals surface area contributed by atoms with Gasteiger partial charge in [0.1, 0.15) is 12.2 Å². The number of hydrogen-bond donors (Lipinski definition) is 2. The largest absolute Gasteiger partial charge is 0.458 e. The monoisotopic (exact) mass is 280 g/mol. The number of hydrogen-bond acceptors (Lipinski definition) is 5. The second kappa shape index (κ2) is 4.41. The zero-order valence-electron chi connectivity index (χ0n) is 11.5. The lowest BCUT2D eigenvalue weighted by atomic mass is 9.79. The lowest BCUT2D eigenvalue weighted by molar-refractivity contribution is -0.147. The molecule has 0 aromatic carbocycles. The van der Waals surface area contributed by atoms with Gasteiger partial charge in [0.25, 0.3) is 0 Å². The summed E-state index contributed by atoms with van der Waals surface area (Å²) >= 11 is 0. The summed E-state index contributed by atoms with van der Waals surface area (Å²) < 4.78 is 11.2. The van der Waals surface area contributed by atoms with Crippen molar-refractivity contribution in [3.05, 3.63) is 24.3 Å². The van der Waals surface area contributed by atoms with Crippen molar-refractivity contribution in [1.82, 2.24) is 0 Å². The van der Waals surface area contributed by atoms with E-state index in [1.54, 1.807) is 6.92 Å². The molecule has 3 aliphatic rings. The molecule has 5 nitrogen and oxygen atoms in total. The highest BCUT2D eigenvalue weighted by molar-refractivity contribution is 5.91. The van der Waals surface area contributed by atoms with E-state index in [9.17, 15) is 15.0 Å². The topological polar surface area (TPSA) is 76.0 Å². The zero-order chi connectivity index (χ0) is 14.7. The Morgan fingerprint density at radius 3 is 2.75 bits per heavy atom. The van der Waals surface area contributed by atoms with E-state index in [2.05, 4.69) is 13.2 Å². The van der Waals surface area contributed by atoms with Gasteiger partial charge in [-0.1, -0.05) is 13.2 Å². The molecule has 6 atom stereocenters. The molecule has 3 saturated heterocycles. The van der Waals surface area contributed by atoms with E-state index in [-0.39, 0.29) is 11.7 Å². The molecular formula is C15H20O5. The van der Waals surface area contributed by atoms with Crippen molar-refractivity contribution in [2.45, 2.75) is 56.2 Å². The van der Waals surface area contributed by atoms with Crippen molar-refractivity contribution in [3.8, 4) is 0 Å². The van der Waals surface area contributed by atoms with Gasteiger partial charge >= 0.3 is 5.97 Å². The fourth-order valence-corrected chi connectivity index (χ4v) is 3.55. The maximum Gasteiger partial charge on any atom is 0.334 e. The Balaban J connectivity index is 2.00. The minimum absolute atomic E-state index is 0.159. The molecule has 110 valence electrons. The van der Waals surface area contributed by atoms with Crippen LogP contribution >= 0.6 is 0 Å². The van der Waals surface area contributed by atoms with Crippen LogP contribution in [0.3, 0.4) is 0 Å². The van der Waals surface area contributed by atoms with Crippen LogP contribution < -0.4 is 0 Å². The van der Waals surface area contributed by atoms with Crippen LogP contribution in [0.4, 0.5) is 0 Å². The molecule has 3 rings (SSSR count). The van der Waals surface area contributed by atoms with E-state index in [0.717, 1.165) is 12.0 Å². The Morgan fingerprint density at radius 1 is 1.35 bits per heavy atom. The van der Waals surface area contributed by atoms with Gasteiger partial charge in [-0.15, -0.1) is 0 Å². The number of esters is 1. The van der Waals surface area contributed by atoms with E-state index in [1.165, 1.54) is 0 Å². The maximum atomic E-state index is 11.7. The normalized spacial score (nSPS) is 48.4. The van der Waals surface area contributed by atoms with Gasteiger partial charge in [-0.2, -0.15) is 0 Å². The van der Waals surface area contributed by atoms with Crippen LogP contribution in [0.25, 0.3) is 0 Å². The lowest BCUT2D eigenvalue weighted by Gasteiger charge is -2.35. The van der Waals surface area contributed by atoms with Crippen molar-refractivity contribution in [2.75, 3.05) is 0 Å². The molecule has 3 heterocycles. The van der Waals surface area contributed by atoms with E-state index >= 15 is 0 Å². The van der Waals surface area contributed by atoms with E-state index in [4.69, 9.17) is 9.47 Å². The average molecular weight is 280 g/mol. The molecule has 0 spiro atoms. The summed E-state index contributed by atoms with van der Waals surface area (Å²) in [6, 6.07) is 0. The molecule has 2 N–H and O–H groups in total. The summed E-state index contributed by atoms with van der Waals surface area (Å²) in [5, 5.41) is 21.0. The number of aliphatic hydroxyl groups is 2. The zero-order valence-corrected chi connectivity index (χ0v) is 11.5. The Kier molecular flexibility index (Phi) is 3.04. The van der Waals surface area contributed by atoms with Gasteiger partial charge in [-0.3, -0.25) is 0 Å². The van der Waals surface area contributed by atoms with Gasteiger partial charge < -0.3 is 19.7 Å². The van der Waals surface area contributed by atoms with E-state index in [0.29, 0.717) is 12.8 Å².